The van der Waals surface area contributed by atoms with Gasteiger partial charge in [-0.05, 0) is 31.4 Å². The second kappa shape index (κ2) is 5.95. The molecule has 1 saturated heterocycles. The third-order valence-corrected chi connectivity index (χ3v) is 3.08. The molecule has 1 aromatic heterocycles. The lowest BCUT2D eigenvalue weighted by Crippen LogP contribution is -2.40. The average molecular weight is 237 g/mol. The molecular formula is C12H19N3O2. The first kappa shape index (κ1) is 12.3. The van der Waals surface area contributed by atoms with Gasteiger partial charge >= 0.3 is 0 Å². The van der Waals surface area contributed by atoms with E-state index in [0.29, 0.717) is 0 Å². The maximum atomic E-state index is 5.75. The quantitative estimate of drug-likeness (QED) is 0.607. The van der Waals surface area contributed by atoms with Crippen molar-refractivity contribution in [3.63, 3.8) is 0 Å². The van der Waals surface area contributed by atoms with Gasteiger partial charge in [-0.2, -0.15) is 0 Å². The standard InChI is InChI=1S/C12H19N3O2/c1-16-9-6-4-7-14-11(9)12(15-13)10-5-2-3-8-17-10/h4,6-7,10,12,15H,2-3,5,8,13H2,1H3. The van der Waals surface area contributed by atoms with E-state index in [-0.39, 0.29) is 12.1 Å². The lowest BCUT2D eigenvalue weighted by atomic mass is 9.99. The molecule has 1 aliphatic rings. The Morgan fingerprint density at radius 3 is 3.12 bits per heavy atom. The predicted molar refractivity (Wildman–Crippen MR) is 64.4 cm³/mol. The number of aromatic nitrogens is 1. The molecule has 3 N–H and O–H groups in total. The second-order valence-corrected chi connectivity index (χ2v) is 4.14. The van der Waals surface area contributed by atoms with E-state index in [1.165, 1.54) is 0 Å². The number of nitrogens with two attached hydrogens (primary N) is 1. The Bertz CT molecular complexity index is 353. The van der Waals surface area contributed by atoms with Crippen LogP contribution >= 0.6 is 0 Å². The fourth-order valence-electron chi connectivity index (χ4n) is 2.20. The number of hydrogen-bond donors (Lipinski definition) is 2. The zero-order chi connectivity index (χ0) is 12.1. The molecule has 1 aliphatic heterocycles. The highest BCUT2D eigenvalue weighted by Crippen LogP contribution is 2.29. The number of nitrogens with zero attached hydrogens (tertiary/aromatic N) is 1. The van der Waals surface area contributed by atoms with Crippen LogP contribution in [0.25, 0.3) is 0 Å². The first-order chi connectivity index (χ1) is 8.36. The normalized spacial score (nSPS) is 22.1. The molecule has 0 bridgehead atoms. The van der Waals surface area contributed by atoms with Gasteiger partial charge in [0.2, 0.25) is 0 Å². The van der Waals surface area contributed by atoms with Crippen LogP contribution in [-0.4, -0.2) is 24.8 Å². The number of pyridine rings is 1. The van der Waals surface area contributed by atoms with Crippen molar-refractivity contribution in [3.8, 4) is 5.75 Å². The molecule has 17 heavy (non-hydrogen) atoms. The van der Waals surface area contributed by atoms with E-state index in [9.17, 15) is 0 Å². The van der Waals surface area contributed by atoms with Gasteiger partial charge in [0.1, 0.15) is 11.4 Å². The average Bonchev–Trinajstić information content (AvgIpc) is 2.41. The van der Waals surface area contributed by atoms with Gasteiger partial charge in [-0.25, -0.2) is 5.43 Å². The molecule has 2 unspecified atom stereocenters. The van der Waals surface area contributed by atoms with Gasteiger partial charge in [0.25, 0.3) is 0 Å². The minimum absolute atomic E-state index is 0.0672. The van der Waals surface area contributed by atoms with Crippen LogP contribution in [0.3, 0.4) is 0 Å². The molecule has 1 aromatic rings. The fourth-order valence-corrected chi connectivity index (χ4v) is 2.20. The van der Waals surface area contributed by atoms with Crippen molar-refractivity contribution in [1.29, 1.82) is 0 Å². The second-order valence-electron chi connectivity index (χ2n) is 4.14. The number of hydrogen-bond acceptors (Lipinski definition) is 5. The van der Waals surface area contributed by atoms with Gasteiger partial charge in [0.15, 0.2) is 0 Å². The first-order valence-corrected chi connectivity index (χ1v) is 5.93. The predicted octanol–water partition coefficient (Wildman–Crippen LogP) is 1.16. The van der Waals surface area contributed by atoms with Crippen molar-refractivity contribution in [1.82, 2.24) is 10.4 Å². The molecular weight excluding hydrogens is 218 g/mol. The molecule has 1 fully saturated rings. The van der Waals surface area contributed by atoms with Crippen LogP contribution < -0.4 is 16.0 Å². The van der Waals surface area contributed by atoms with Crippen LogP contribution in [0.1, 0.15) is 31.0 Å². The van der Waals surface area contributed by atoms with Gasteiger partial charge in [-0.15, -0.1) is 0 Å². The summed E-state index contributed by atoms with van der Waals surface area (Å²) in [5.41, 5.74) is 3.60. The smallest absolute Gasteiger partial charge is 0.142 e. The summed E-state index contributed by atoms with van der Waals surface area (Å²) in [4.78, 5) is 4.35. The lowest BCUT2D eigenvalue weighted by Gasteiger charge is -2.30. The van der Waals surface area contributed by atoms with E-state index in [1.807, 2.05) is 12.1 Å². The summed E-state index contributed by atoms with van der Waals surface area (Å²) in [6.07, 6.45) is 5.09. The topological polar surface area (TPSA) is 69.4 Å². The lowest BCUT2D eigenvalue weighted by molar-refractivity contribution is -0.00957. The van der Waals surface area contributed by atoms with E-state index in [1.54, 1.807) is 13.3 Å². The first-order valence-electron chi connectivity index (χ1n) is 5.93. The molecule has 5 heteroatoms. The Kier molecular flexibility index (Phi) is 4.30. The number of ether oxygens (including phenoxy) is 2. The van der Waals surface area contributed by atoms with Crippen molar-refractivity contribution in [3.05, 3.63) is 24.0 Å². The van der Waals surface area contributed by atoms with Gasteiger partial charge < -0.3 is 9.47 Å². The minimum atomic E-state index is -0.119. The maximum Gasteiger partial charge on any atom is 0.142 e. The highest BCUT2D eigenvalue weighted by molar-refractivity contribution is 5.30. The Morgan fingerprint density at radius 2 is 2.47 bits per heavy atom. The molecule has 0 amide bonds. The summed E-state index contributed by atoms with van der Waals surface area (Å²) in [7, 11) is 1.63. The summed E-state index contributed by atoms with van der Waals surface area (Å²) in [6, 6.07) is 3.61. The van der Waals surface area contributed by atoms with Crippen molar-refractivity contribution in [2.75, 3.05) is 13.7 Å². The molecule has 0 radical (unpaired) electrons. The SMILES string of the molecule is COc1cccnc1C(NN)C1CCCCO1. The number of nitrogens with one attached hydrogen (secondary N) is 1. The molecule has 0 saturated carbocycles. The Hall–Kier alpha value is -1.17. The Balaban J connectivity index is 2.21. The summed E-state index contributed by atoms with van der Waals surface area (Å²) >= 11 is 0. The van der Waals surface area contributed by atoms with Crippen molar-refractivity contribution in [2.24, 2.45) is 5.84 Å². The third-order valence-electron chi connectivity index (χ3n) is 3.08. The third kappa shape index (κ3) is 2.74. The Morgan fingerprint density at radius 1 is 1.59 bits per heavy atom. The highest BCUT2D eigenvalue weighted by Gasteiger charge is 2.28. The van der Waals surface area contributed by atoms with Crippen LogP contribution in [0.5, 0.6) is 5.75 Å². The fraction of sp³-hybridized carbons (Fsp3) is 0.583. The van der Waals surface area contributed by atoms with Gasteiger partial charge in [0, 0.05) is 12.8 Å². The van der Waals surface area contributed by atoms with Gasteiger partial charge in [-0.3, -0.25) is 10.8 Å². The molecule has 5 nitrogen and oxygen atoms in total. The molecule has 94 valence electrons. The number of hydrazine groups is 1. The zero-order valence-electron chi connectivity index (χ0n) is 10.1. The van der Waals surface area contributed by atoms with Gasteiger partial charge in [-0.1, -0.05) is 0 Å². The summed E-state index contributed by atoms with van der Waals surface area (Å²) in [5.74, 6) is 6.37. The van der Waals surface area contributed by atoms with E-state index < -0.39 is 0 Å². The van der Waals surface area contributed by atoms with Crippen LogP contribution in [0, 0.1) is 0 Å². The summed E-state index contributed by atoms with van der Waals surface area (Å²) < 4.78 is 11.1. The monoisotopic (exact) mass is 237 g/mol. The number of methoxy groups -OCH3 is 1. The van der Waals surface area contributed by atoms with Crippen LogP contribution in [0.2, 0.25) is 0 Å². The molecule has 0 aliphatic carbocycles. The molecule has 2 rings (SSSR count). The van der Waals surface area contributed by atoms with E-state index in [2.05, 4.69) is 10.4 Å². The van der Waals surface area contributed by atoms with E-state index in [0.717, 1.165) is 37.3 Å². The molecule has 0 spiro atoms. The zero-order valence-corrected chi connectivity index (χ0v) is 10.1. The number of rotatable bonds is 4. The maximum absolute atomic E-state index is 5.75. The van der Waals surface area contributed by atoms with Crippen LogP contribution in [0.4, 0.5) is 0 Å². The van der Waals surface area contributed by atoms with Crippen LogP contribution in [0.15, 0.2) is 18.3 Å². The molecule has 2 heterocycles. The van der Waals surface area contributed by atoms with Crippen LogP contribution in [-0.2, 0) is 4.74 Å². The van der Waals surface area contributed by atoms with Crippen molar-refractivity contribution >= 4 is 0 Å². The largest absolute Gasteiger partial charge is 0.495 e. The van der Waals surface area contributed by atoms with E-state index in [4.69, 9.17) is 15.3 Å². The summed E-state index contributed by atoms with van der Waals surface area (Å²) in [5, 5.41) is 0. The summed E-state index contributed by atoms with van der Waals surface area (Å²) in [6.45, 7) is 0.790. The van der Waals surface area contributed by atoms with Crippen molar-refractivity contribution in [2.45, 2.75) is 31.4 Å². The molecule has 2 atom stereocenters. The minimum Gasteiger partial charge on any atom is -0.495 e. The molecule has 0 aromatic carbocycles. The highest BCUT2D eigenvalue weighted by atomic mass is 16.5. The Labute approximate surface area is 101 Å². The van der Waals surface area contributed by atoms with Crippen molar-refractivity contribution < 1.29 is 9.47 Å². The van der Waals surface area contributed by atoms with E-state index >= 15 is 0 Å². The van der Waals surface area contributed by atoms with Gasteiger partial charge in [0.05, 0.1) is 19.3 Å².